The number of ether oxygens (including phenoxy) is 1. The van der Waals surface area contributed by atoms with Gasteiger partial charge in [-0.1, -0.05) is 0 Å². The molecule has 7 heteroatoms. The first kappa shape index (κ1) is 14.3. The van der Waals surface area contributed by atoms with Crippen LogP contribution in [0.5, 0.6) is 11.5 Å². The number of aliphatic hydroxyl groups is 1. The Kier molecular flexibility index (Phi) is 3.89. The molecule has 0 spiro atoms. The molecule has 0 saturated heterocycles. The Hall–Kier alpha value is -2.15. The predicted octanol–water partition coefficient (Wildman–Crippen LogP) is 3.52. The highest BCUT2D eigenvalue weighted by Crippen LogP contribution is 2.34. The van der Waals surface area contributed by atoms with Crippen LogP contribution < -0.4 is 4.74 Å². The lowest BCUT2D eigenvalue weighted by molar-refractivity contribution is -0.140. The van der Waals surface area contributed by atoms with Crippen molar-refractivity contribution >= 4 is 0 Å². The molecule has 3 nitrogen and oxygen atoms in total. The van der Waals surface area contributed by atoms with E-state index in [-0.39, 0.29) is 18.1 Å². The molecule has 20 heavy (non-hydrogen) atoms. The highest BCUT2D eigenvalue weighted by molar-refractivity contribution is 5.35. The minimum Gasteiger partial charge on any atom is -0.457 e. The van der Waals surface area contributed by atoms with Crippen LogP contribution in [0.4, 0.5) is 17.6 Å². The van der Waals surface area contributed by atoms with Gasteiger partial charge in [-0.05, 0) is 24.3 Å². The molecule has 0 aliphatic heterocycles. The average Bonchev–Trinajstić information content (AvgIpc) is 2.40. The van der Waals surface area contributed by atoms with Crippen LogP contribution in [0.15, 0.2) is 36.5 Å². The summed E-state index contributed by atoms with van der Waals surface area (Å²) in [7, 11) is 0. The Labute approximate surface area is 111 Å². The van der Waals surface area contributed by atoms with Crippen molar-refractivity contribution in [3.63, 3.8) is 0 Å². The standard InChI is InChI=1S/C13H9F4NO2/c14-12-2-1-9(6-11(12)13(15,16)17)20-10-3-4-18-8(5-10)7-19/h1-6,19H,7H2. The molecule has 0 saturated carbocycles. The molecule has 1 heterocycles. The fraction of sp³-hybridized carbons (Fsp3) is 0.154. The number of aromatic nitrogens is 1. The first-order valence-corrected chi connectivity index (χ1v) is 5.50. The van der Waals surface area contributed by atoms with Gasteiger partial charge in [0.1, 0.15) is 17.3 Å². The maximum Gasteiger partial charge on any atom is 0.419 e. The number of hydrogen-bond acceptors (Lipinski definition) is 3. The number of rotatable bonds is 3. The first-order valence-electron chi connectivity index (χ1n) is 5.50. The molecule has 0 aliphatic carbocycles. The van der Waals surface area contributed by atoms with E-state index in [0.717, 1.165) is 6.07 Å². The SMILES string of the molecule is OCc1cc(Oc2ccc(F)c(C(F)(F)F)c2)ccn1. The van der Waals surface area contributed by atoms with Crippen molar-refractivity contribution in [1.29, 1.82) is 0 Å². The lowest BCUT2D eigenvalue weighted by Gasteiger charge is -2.11. The fourth-order valence-corrected chi connectivity index (χ4v) is 1.53. The van der Waals surface area contributed by atoms with Gasteiger partial charge < -0.3 is 9.84 Å². The largest absolute Gasteiger partial charge is 0.457 e. The van der Waals surface area contributed by atoms with Gasteiger partial charge in [0.2, 0.25) is 0 Å². The van der Waals surface area contributed by atoms with Crippen molar-refractivity contribution in [3.8, 4) is 11.5 Å². The number of alkyl halides is 3. The second kappa shape index (κ2) is 5.46. The van der Waals surface area contributed by atoms with Crippen LogP contribution in [0.3, 0.4) is 0 Å². The molecule has 0 aliphatic rings. The van der Waals surface area contributed by atoms with Crippen molar-refractivity contribution < 1.29 is 27.4 Å². The van der Waals surface area contributed by atoms with E-state index in [2.05, 4.69) is 4.98 Å². The van der Waals surface area contributed by atoms with Crippen LogP contribution in [0.2, 0.25) is 0 Å². The highest BCUT2D eigenvalue weighted by Gasteiger charge is 2.34. The van der Waals surface area contributed by atoms with Gasteiger partial charge >= 0.3 is 6.18 Å². The van der Waals surface area contributed by atoms with E-state index in [1.807, 2.05) is 0 Å². The molecule has 0 fully saturated rings. The molecule has 0 radical (unpaired) electrons. The lowest BCUT2D eigenvalue weighted by Crippen LogP contribution is -2.08. The van der Waals surface area contributed by atoms with E-state index in [9.17, 15) is 17.6 Å². The Bertz CT molecular complexity index is 614. The maximum absolute atomic E-state index is 13.1. The van der Waals surface area contributed by atoms with Crippen molar-refractivity contribution in [2.75, 3.05) is 0 Å². The lowest BCUT2D eigenvalue weighted by atomic mass is 10.2. The minimum absolute atomic E-state index is 0.159. The summed E-state index contributed by atoms with van der Waals surface area (Å²) in [6, 6.07) is 5.14. The average molecular weight is 287 g/mol. The molecular weight excluding hydrogens is 278 g/mol. The van der Waals surface area contributed by atoms with E-state index in [1.54, 1.807) is 0 Å². The zero-order valence-electron chi connectivity index (χ0n) is 9.99. The van der Waals surface area contributed by atoms with Crippen LogP contribution in [0.1, 0.15) is 11.3 Å². The maximum atomic E-state index is 13.1. The smallest absolute Gasteiger partial charge is 0.419 e. The normalized spacial score (nSPS) is 11.4. The number of halogens is 4. The number of nitrogens with zero attached hydrogens (tertiary/aromatic N) is 1. The topological polar surface area (TPSA) is 42.4 Å². The van der Waals surface area contributed by atoms with E-state index < -0.39 is 17.6 Å². The second-order valence-electron chi connectivity index (χ2n) is 3.88. The quantitative estimate of drug-likeness (QED) is 0.878. The number of pyridine rings is 1. The molecule has 0 amide bonds. The van der Waals surface area contributed by atoms with Gasteiger partial charge in [0.05, 0.1) is 17.9 Å². The fourth-order valence-electron chi connectivity index (χ4n) is 1.53. The molecule has 0 unspecified atom stereocenters. The third kappa shape index (κ3) is 3.24. The van der Waals surface area contributed by atoms with Gasteiger partial charge in [0, 0.05) is 12.3 Å². The molecule has 0 bridgehead atoms. The molecular formula is C13H9F4NO2. The second-order valence-corrected chi connectivity index (χ2v) is 3.88. The molecule has 1 aromatic carbocycles. The van der Waals surface area contributed by atoms with Gasteiger partial charge in [-0.25, -0.2) is 4.39 Å². The highest BCUT2D eigenvalue weighted by atomic mass is 19.4. The molecule has 106 valence electrons. The Morgan fingerprint density at radius 3 is 2.45 bits per heavy atom. The summed E-state index contributed by atoms with van der Waals surface area (Å²) in [6.45, 7) is -0.325. The number of aliphatic hydroxyl groups excluding tert-OH is 1. The summed E-state index contributed by atoms with van der Waals surface area (Å²) < 4.78 is 55.9. The van der Waals surface area contributed by atoms with Crippen molar-refractivity contribution in [2.24, 2.45) is 0 Å². The van der Waals surface area contributed by atoms with Crippen LogP contribution in [-0.4, -0.2) is 10.1 Å². The van der Waals surface area contributed by atoms with Gasteiger partial charge in [-0.2, -0.15) is 13.2 Å². The first-order chi connectivity index (χ1) is 9.40. The van der Waals surface area contributed by atoms with E-state index in [1.165, 1.54) is 18.3 Å². The number of hydrogen-bond donors (Lipinski definition) is 1. The summed E-state index contributed by atoms with van der Waals surface area (Å²) in [5, 5.41) is 8.90. The predicted molar refractivity (Wildman–Crippen MR) is 61.6 cm³/mol. The van der Waals surface area contributed by atoms with Crippen LogP contribution in [0.25, 0.3) is 0 Å². The van der Waals surface area contributed by atoms with E-state index >= 15 is 0 Å². The van der Waals surface area contributed by atoms with Gasteiger partial charge in [0.25, 0.3) is 0 Å². The Morgan fingerprint density at radius 1 is 1.10 bits per heavy atom. The monoisotopic (exact) mass is 287 g/mol. The molecule has 2 rings (SSSR count). The van der Waals surface area contributed by atoms with Gasteiger partial charge in [-0.15, -0.1) is 0 Å². The zero-order valence-corrected chi connectivity index (χ0v) is 9.99. The summed E-state index contributed by atoms with van der Waals surface area (Å²) in [5.74, 6) is -1.33. The third-order valence-corrected chi connectivity index (χ3v) is 2.43. The van der Waals surface area contributed by atoms with Gasteiger partial charge in [-0.3, -0.25) is 4.98 Å². The van der Waals surface area contributed by atoms with Crippen LogP contribution in [0, 0.1) is 5.82 Å². The molecule has 1 N–H and O–H groups in total. The van der Waals surface area contributed by atoms with Gasteiger partial charge in [0.15, 0.2) is 0 Å². The Balaban J connectivity index is 2.30. The number of benzene rings is 1. The molecule has 2 aromatic rings. The summed E-state index contributed by atoms with van der Waals surface area (Å²) in [5.41, 5.74) is -1.09. The zero-order chi connectivity index (χ0) is 14.8. The van der Waals surface area contributed by atoms with E-state index in [4.69, 9.17) is 9.84 Å². The van der Waals surface area contributed by atoms with E-state index in [0.29, 0.717) is 17.8 Å². The van der Waals surface area contributed by atoms with Crippen molar-refractivity contribution in [2.45, 2.75) is 12.8 Å². The molecule has 1 aromatic heterocycles. The summed E-state index contributed by atoms with van der Waals surface area (Å²) in [6.07, 6.45) is -3.45. The third-order valence-electron chi connectivity index (χ3n) is 2.43. The van der Waals surface area contributed by atoms with Crippen LogP contribution >= 0.6 is 0 Å². The summed E-state index contributed by atoms with van der Waals surface area (Å²) in [4.78, 5) is 3.80. The summed E-state index contributed by atoms with van der Waals surface area (Å²) >= 11 is 0. The van der Waals surface area contributed by atoms with Crippen molar-refractivity contribution in [3.05, 3.63) is 53.6 Å². The Morgan fingerprint density at radius 2 is 1.80 bits per heavy atom. The minimum atomic E-state index is -4.79. The molecule has 0 atom stereocenters. The van der Waals surface area contributed by atoms with Crippen molar-refractivity contribution in [1.82, 2.24) is 4.98 Å². The van der Waals surface area contributed by atoms with Crippen LogP contribution in [-0.2, 0) is 12.8 Å².